The number of fused-ring (bicyclic) bond motifs is 1. The van der Waals surface area contributed by atoms with Crippen LogP contribution in [0.3, 0.4) is 0 Å². The Kier molecular flexibility index (Phi) is 5.61. The van der Waals surface area contributed by atoms with Crippen LogP contribution in [0.2, 0.25) is 0 Å². The molecule has 148 valence electrons. The van der Waals surface area contributed by atoms with E-state index in [1.165, 1.54) is 5.39 Å². The average Bonchev–Trinajstić information content (AvgIpc) is 3.22. The number of nitrogens with zero attached hydrogens (tertiary/aromatic N) is 3. The van der Waals surface area contributed by atoms with Crippen LogP contribution in [0.1, 0.15) is 29.5 Å². The fourth-order valence-corrected chi connectivity index (χ4v) is 3.85. The number of anilines is 2. The number of rotatable bonds is 5. The van der Waals surface area contributed by atoms with Crippen LogP contribution in [0.25, 0.3) is 17.0 Å². The van der Waals surface area contributed by atoms with Crippen molar-refractivity contribution in [1.82, 2.24) is 14.9 Å². The highest BCUT2D eigenvalue weighted by Gasteiger charge is 2.15. The van der Waals surface area contributed by atoms with E-state index in [-0.39, 0.29) is 0 Å². The number of nitrogens with two attached hydrogens (primary N) is 1. The smallest absolute Gasteiger partial charge is 0.103 e. The van der Waals surface area contributed by atoms with Crippen LogP contribution in [0.15, 0.2) is 42.9 Å². The van der Waals surface area contributed by atoms with E-state index in [0.29, 0.717) is 11.6 Å². The molecule has 6 heteroatoms. The van der Waals surface area contributed by atoms with Crippen LogP contribution >= 0.6 is 0 Å². The summed E-state index contributed by atoms with van der Waals surface area (Å²) in [6.45, 7) is 5.02. The van der Waals surface area contributed by atoms with Crippen LogP contribution in [-0.4, -0.2) is 40.5 Å². The number of likely N-dealkylation sites (tertiary alicyclic amines) is 1. The number of aromatic amines is 1. The van der Waals surface area contributed by atoms with Gasteiger partial charge in [0.25, 0.3) is 0 Å². The summed E-state index contributed by atoms with van der Waals surface area (Å²) in [7, 11) is 0. The van der Waals surface area contributed by atoms with Crippen LogP contribution in [0, 0.1) is 18.3 Å². The van der Waals surface area contributed by atoms with Crippen LogP contribution in [0.4, 0.5) is 11.4 Å². The van der Waals surface area contributed by atoms with Gasteiger partial charge in [-0.05, 0) is 56.6 Å². The zero-order valence-corrected chi connectivity index (χ0v) is 16.7. The normalized spacial score (nSPS) is 15.8. The molecule has 2 aromatic heterocycles. The number of nitriles is 1. The summed E-state index contributed by atoms with van der Waals surface area (Å²) in [6, 6.07) is 8.76. The summed E-state index contributed by atoms with van der Waals surface area (Å²) in [5, 5.41) is 14.3. The zero-order chi connectivity index (χ0) is 20.2. The minimum Gasteiger partial charge on any atom is -0.361 e. The van der Waals surface area contributed by atoms with Gasteiger partial charge in [-0.2, -0.15) is 5.26 Å². The first-order valence-electron chi connectivity index (χ1n) is 10.0. The minimum atomic E-state index is 0.336. The van der Waals surface area contributed by atoms with Crippen molar-refractivity contribution in [2.45, 2.75) is 25.8 Å². The first-order valence-corrected chi connectivity index (χ1v) is 10.0. The summed E-state index contributed by atoms with van der Waals surface area (Å²) in [6.07, 6.45) is 11.6. The second-order valence-electron chi connectivity index (χ2n) is 7.61. The summed E-state index contributed by atoms with van der Waals surface area (Å²) in [5.41, 5.74) is 11.4. The lowest BCUT2D eigenvalue weighted by Gasteiger charge is -2.28. The molecule has 3 aromatic rings. The average molecular weight is 387 g/mol. The SMILES string of the molecule is Cc1c(Nc2c(C#N)cncc2/C=C/CN2CCC(N)CC2)ccc2[nH]ccc12. The Balaban J connectivity index is 1.58. The number of H-pyrrole nitrogens is 1. The summed E-state index contributed by atoms with van der Waals surface area (Å²) >= 11 is 0. The van der Waals surface area contributed by atoms with Gasteiger partial charge < -0.3 is 16.0 Å². The Hall–Kier alpha value is -3.14. The van der Waals surface area contributed by atoms with E-state index in [1.54, 1.807) is 12.4 Å². The number of aryl methyl sites for hydroxylation is 1. The molecule has 4 N–H and O–H groups in total. The largest absolute Gasteiger partial charge is 0.361 e. The lowest BCUT2D eigenvalue weighted by atomic mass is 10.1. The third-order valence-electron chi connectivity index (χ3n) is 5.65. The predicted octanol–water partition coefficient (Wildman–Crippen LogP) is 3.92. The van der Waals surface area contributed by atoms with Gasteiger partial charge >= 0.3 is 0 Å². The molecule has 1 aliphatic heterocycles. The van der Waals surface area contributed by atoms with E-state index in [1.807, 2.05) is 12.3 Å². The molecule has 0 unspecified atom stereocenters. The Labute approximate surface area is 171 Å². The van der Waals surface area contributed by atoms with Gasteiger partial charge in [0.15, 0.2) is 0 Å². The van der Waals surface area contributed by atoms with Gasteiger partial charge in [-0.25, -0.2) is 0 Å². The molecule has 1 aromatic carbocycles. The van der Waals surface area contributed by atoms with Crippen molar-refractivity contribution in [3.63, 3.8) is 0 Å². The molecule has 0 aliphatic carbocycles. The molecule has 0 atom stereocenters. The van der Waals surface area contributed by atoms with Crippen molar-refractivity contribution in [2.24, 2.45) is 5.73 Å². The monoisotopic (exact) mass is 386 g/mol. The fraction of sp³-hybridized carbons (Fsp3) is 0.304. The Morgan fingerprint density at radius 1 is 1.31 bits per heavy atom. The Morgan fingerprint density at radius 2 is 2.14 bits per heavy atom. The molecular formula is C23H26N6. The predicted molar refractivity (Wildman–Crippen MR) is 118 cm³/mol. The van der Waals surface area contributed by atoms with Crippen LogP contribution < -0.4 is 11.1 Å². The molecule has 1 saturated heterocycles. The molecule has 0 bridgehead atoms. The molecule has 3 heterocycles. The van der Waals surface area contributed by atoms with Gasteiger partial charge in [0, 0.05) is 53.3 Å². The van der Waals surface area contributed by atoms with Crippen molar-refractivity contribution >= 4 is 28.4 Å². The molecule has 4 rings (SSSR count). The maximum atomic E-state index is 9.60. The van der Waals surface area contributed by atoms with Crippen LogP contribution in [0.5, 0.6) is 0 Å². The Bertz CT molecular complexity index is 1070. The number of benzene rings is 1. The number of piperidine rings is 1. The van der Waals surface area contributed by atoms with Crippen LogP contribution in [-0.2, 0) is 0 Å². The summed E-state index contributed by atoms with van der Waals surface area (Å²) < 4.78 is 0. The topological polar surface area (TPSA) is 93.8 Å². The van der Waals surface area contributed by atoms with Gasteiger partial charge in [0.2, 0.25) is 0 Å². The number of nitrogens with one attached hydrogen (secondary N) is 2. The quantitative estimate of drug-likeness (QED) is 0.618. The van der Waals surface area contributed by atoms with E-state index in [2.05, 4.69) is 57.5 Å². The van der Waals surface area contributed by atoms with E-state index >= 15 is 0 Å². The van der Waals surface area contributed by atoms with E-state index < -0.39 is 0 Å². The maximum absolute atomic E-state index is 9.60. The first-order chi connectivity index (χ1) is 14.2. The van der Waals surface area contributed by atoms with Gasteiger partial charge in [-0.3, -0.25) is 9.88 Å². The lowest BCUT2D eigenvalue weighted by Crippen LogP contribution is -2.39. The zero-order valence-electron chi connectivity index (χ0n) is 16.7. The summed E-state index contributed by atoms with van der Waals surface area (Å²) in [4.78, 5) is 9.88. The third-order valence-corrected chi connectivity index (χ3v) is 5.65. The highest BCUT2D eigenvalue weighted by molar-refractivity contribution is 5.89. The van der Waals surface area contributed by atoms with Gasteiger partial charge in [0.05, 0.1) is 11.3 Å². The van der Waals surface area contributed by atoms with Crippen molar-refractivity contribution in [3.05, 3.63) is 59.6 Å². The maximum Gasteiger partial charge on any atom is 0.103 e. The van der Waals surface area contributed by atoms with E-state index in [9.17, 15) is 5.26 Å². The van der Waals surface area contributed by atoms with Crippen molar-refractivity contribution in [2.75, 3.05) is 25.0 Å². The van der Waals surface area contributed by atoms with Crippen molar-refractivity contribution in [1.29, 1.82) is 5.26 Å². The molecule has 0 radical (unpaired) electrons. The number of hydrogen-bond donors (Lipinski definition) is 3. The van der Waals surface area contributed by atoms with Crippen molar-refractivity contribution < 1.29 is 0 Å². The highest BCUT2D eigenvalue weighted by Crippen LogP contribution is 2.30. The van der Waals surface area contributed by atoms with Gasteiger partial charge in [0.1, 0.15) is 6.07 Å². The van der Waals surface area contributed by atoms with E-state index in [4.69, 9.17) is 5.73 Å². The summed E-state index contributed by atoms with van der Waals surface area (Å²) in [5.74, 6) is 0. The lowest BCUT2D eigenvalue weighted by molar-refractivity contribution is 0.234. The molecule has 6 nitrogen and oxygen atoms in total. The first kappa shape index (κ1) is 19.2. The fourth-order valence-electron chi connectivity index (χ4n) is 3.85. The minimum absolute atomic E-state index is 0.336. The van der Waals surface area contributed by atoms with E-state index in [0.717, 1.165) is 60.5 Å². The Morgan fingerprint density at radius 3 is 2.93 bits per heavy atom. The second-order valence-corrected chi connectivity index (χ2v) is 7.61. The highest BCUT2D eigenvalue weighted by atomic mass is 15.1. The molecular weight excluding hydrogens is 360 g/mol. The third kappa shape index (κ3) is 4.16. The van der Waals surface area contributed by atoms with Gasteiger partial charge in [-0.1, -0.05) is 12.2 Å². The molecule has 1 aliphatic rings. The van der Waals surface area contributed by atoms with Crippen molar-refractivity contribution in [3.8, 4) is 6.07 Å². The second kappa shape index (κ2) is 8.48. The molecule has 0 amide bonds. The molecule has 29 heavy (non-hydrogen) atoms. The number of aromatic nitrogens is 2. The molecule has 0 spiro atoms. The number of hydrogen-bond acceptors (Lipinski definition) is 5. The number of pyridine rings is 1. The molecule has 0 saturated carbocycles. The van der Waals surface area contributed by atoms with Gasteiger partial charge in [-0.15, -0.1) is 0 Å². The molecule has 1 fully saturated rings. The standard InChI is InChI=1S/C23H26N6/c1-16-20-6-9-27-22(20)5-4-21(16)28-23-17(14-26-15-18(23)13-24)3-2-10-29-11-7-19(25)8-12-29/h2-6,9,14-15,19,27H,7-8,10-12,25H2,1H3,(H,26,28)/b3-2+.